The molecule has 0 fully saturated rings. The molecule has 1 heterocycles. The normalized spacial score (nSPS) is 10.4. The van der Waals surface area contributed by atoms with Gasteiger partial charge in [0.25, 0.3) is 0 Å². The summed E-state index contributed by atoms with van der Waals surface area (Å²) < 4.78 is 4.77. The lowest BCUT2D eigenvalue weighted by atomic mass is 9.98. The maximum absolute atomic E-state index is 11.8. The lowest BCUT2D eigenvalue weighted by Crippen LogP contribution is -2.20. The van der Waals surface area contributed by atoms with Crippen LogP contribution in [0.25, 0.3) is 0 Å². The largest absolute Gasteiger partial charge is 0.465 e. The summed E-state index contributed by atoms with van der Waals surface area (Å²) in [5.41, 5.74) is 0.566. The molecule has 0 aliphatic rings. The summed E-state index contributed by atoms with van der Waals surface area (Å²) >= 11 is 1.28. The van der Waals surface area contributed by atoms with Crippen LogP contribution < -0.4 is 4.90 Å². The highest BCUT2D eigenvalue weighted by atomic mass is 32.1. The van der Waals surface area contributed by atoms with Crippen molar-refractivity contribution in [3.63, 3.8) is 0 Å². The molecule has 0 amide bonds. The van der Waals surface area contributed by atoms with Crippen LogP contribution >= 0.6 is 11.3 Å². The van der Waals surface area contributed by atoms with E-state index in [-0.39, 0.29) is 12.0 Å². The summed E-state index contributed by atoms with van der Waals surface area (Å²) in [6.07, 6.45) is 0.791. The molecule has 0 spiro atoms. The Labute approximate surface area is 123 Å². The van der Waals surface area contributed by atoms with Crippen molar-refractivity contribution in [2.45, 2.75) is 20.8 Å². The number of carbonyl (C=O) groups excluding carboxylic acids is 2. The fraction of sp³-hybridized carbons (Fsp3) is 0.467. The highest BCUT2D eigenvalue weighted by molar-refractivity contribution is 7.15. The minimum Gasteiger partial charge on any atom is -0.465 e. The van der Waals surface area contributed by atoms with Gasteiger partial charge in [0.2, 0.25) is 0 Å². The van der Waals surface area contributed by atoms with Crippen molar-refractivity contribution in [1.29, 1.82) is 0 Å². The molecule has 5 heteroatoms. The van der Waals surface area contributed by atoms with Crippen LogP contribution in [0.1, 0.15) is 35.3 Å². The number of carbonyl (C=O) groups is 2. The minimum absolute atomic E-state index is 0.107. The van der Waals surface area contributed by atoms with E-state index >= 15 is 0 Å². The standard InChI is InChI=1S/C15H19NO3S/c1-15(2,3)7-6-11-10-12(16(4)8-9-17)13(20-11)14(18)19-5/h9-10H,8H2,1-5H3. The summed E-state index contributed by atoms with van der Waals surface area (Å²) in [6.45, 7) is 6.28. The third kappa shape index (κ3) is 4.39. The summed E-state index contributed by atoms with van der Waals surface area (Å²) in [5.74, 6) is 5.78. The Bertz CT molecular complexity index is 558. The highest BCUT2D eigenvalue weighted by Crippen LogP contribution is 2.30. The van der Waals surface area contributed by atoms with Crippen LogP contribution in [0.4, 0.5) is 5.69 Å². The Hall–Kier alpha value is -1.80. The number of ether oxygens (including phenoxy) is 1. The maximum Gasteiger partial charge on any atom is 0.350 e. The fourth-order valence-corrected chi connectivity index (χ4v) is 2.40. The molecule has 0 atom stereocenters. The van der Waals surface area contributed by atoms with Crippen LogP contribution in [-0.4, -0.2) is 33.0 Å². The smallest absolute Gasteiger partial charge is 0.350 e. The van der Waals surface area contributed by atoms with Gasteiger partial charge in [0.1, 0.15) is 11.2 Å². The second-order valence-corrected chi connectivity index (χ2v) is 6.42. The van der Waals surface area contributed by atoms with Crippen molar-refractivity contribution in [1.82, 2.24) is 0 Å². The number of hydrogen-bond acceptors (Lipinski definition) is 5. The van der Waals surface area contributed by atoms with Gasteiger partial charge in [-0.1, -0.05) is 11.8 Å². The predicted molar refractivity (Wildman–Crippen MR) is 81.3 cm³/mol. The highest BCUT2D eigenvalue weighted by Gasteiger charge is 2.19. The van der Waals surface area contributed by atoms with Crippen molar-refractivity contribution in [2.75, 3.05) is 25.6 Å². The molecule has 0 saturated heterocycles. The van der Waals surface area contributed by atoms with Crippen LogP contribution in [0.15, 0.2) is 6.07 Å². The molecule has 0 bridgehead atoms. The lowest BCUT2D eigenvalue weighted by Gasteiger charge is -2.15. The van der Waals surface area contributed by atoms with Crippen molar-refractivity contribution in [2.24, 2.45) is 5.41 Å². The third-order valence-electron chi connectivity index (χ3n) is 2.40. The van der Waals surface area contributed by atoms with E-state index in [1.165, 1.54) is 18.4 Å². The van der Waals surface area contributed by atoms with E-state index in [0.717, 1.165) is 11.2 Å². The molecule has 0 aromatic carbocycles. The van der Waals surface area contributed by atoms with Crippen LogP contribution in [0, 0.1) is 17.3 Å². The molecule has 108 valence electrons. The number of likely N-dealkylation sites (N-methyl/N-ethyl adjacent to an activating group) is 1. The average Bonchev–Trinajstić information content (AvgIpc) is 2.79. The third-order valence-corrected chi connectivity index (χ3v) is 3.42. The predicted octanol–water partition coefficient (Wildman–Crippen LogP) is 2.57. The monoisotopic (exact) mass is 293 g/mol. The van der Waals surface area contributed by atoms with Gasteiger partial charge in [0.15, 0.2) is 0 Å². The Morgan fingerprint density at radius 1 is 1.50 bits per heavy atom. The van der Waals surface area contributed by atoms with Crippen molar-refractivity contribution >= 4 is 29.3 Å². The van der Waals surface area contributed by atoms with Gasteiger partial charge < -0.3 is 14.4 Å². The van der Waals surface area contributed by atoms with Crippen LogP contribution in [0.3, 0.4) is 0 Å². The SMILES string of the molecule is COC(=O)c1sc(C#CC(C)(C)C)cc1N(C)CC=O. The Morgan fingerprint density at radius 2 is 2.15 bits per heavy atom. The zero-order chi connectivity index (χ0) is 15.3. The van der Waals surface area contributed by atoms with Gasteiger partial charge >= 0.3 is 5.97 Å². The van der Waals surface area contributed by atoms with Gasteiger partial charge in [-0.05, 0) is 26.8 Å². The zero-order valence-electron chi connectivity index (χ0n) is 12.4. The minimum atomic E-state index is -0.411. The van der Waals surface area contributed by atoms with E-state index in [4.69, 9.17) is 4.74 Å². The topological polar surface area (TPSA) is 46.6 Å². The van der Waals surface area contributed by atoms with E-state index < -0.39 is 5.97 Å². The summed E-state index contributed by atoms with van der Waals surface area (Å²) in [5, 5.41) is 0. The second kappa shape index (κ2) is 6.58. The first-order valence-electron chi connectivity index (χ1n) is 6.18. The summed E-state index contributed by atoms with van der Waals surface area (Å²) in [6, 6.07) is 1.82. The molecule has 0 aliphatic carbocycles. The Morgan fingerprint density at radius 3 is 2.65 bits per heavy atom. The Kier molecular flexibility index (Phi) is 5.34. The number of methoxy groups -OCH3 is 1. The summed E-state index contributed by atoms with van der Waals surface area (Å²) in [4.78, 5) is 25.4. The van der Waals surface area contributed by atoms with Crippen molar-refractivity contribution in [3.05, 3.63) is 15.8 Å². The molecule has 1 aromatic heterocycles. The molecule has 0 aliphatic heterocycles. The van der Waals surface area contributed by atoms with Gasteiger partial charge in [0, 0.05) is 12.5 Å². The Balaban J connectivity index is 3.20. The van der Waals surface area contributed by atoms with Crippen molar-refractivity contribution < 1.29 is 14.3 Å². The molecular weight excluding hydrogens is 274 g/mol. The number of esters is 1. The molecule has 0 radical (unpaired) electrons. The van der Waals surface area contributed by atoms with Crippen LogP contribution in [0.2, 0.25) is 0 Å². The maximum atomic E-state index is 11.8. The number of nitrogens with zero attached hydrogens (tertiary/aromatic N) is 1. The molecule has 1 rings (SSSR count). The van der Waals surface area contributed by atoms with E-state index in [1.54, 1.807) is 11.9 Å². The number of hydrogen-bond donors (Lipinski definition) is 0. The average molecular weight is 293 g/mol. The molecule has 1 aromatic rings. The fourth-order valence-electron chi connectivity index (χ4n) is 1.42. The van der Waals surface area contributed by atoms with Gasteiger partial charge in [0.05, 0.1) is 24.2 Å². The second-order valence-electron chi connectivity index (χ2n) is 5.36. The molecular formula is C15H19NO3S. The van der Waals surface area contributed by atoms with E-state index in [2.05, 4.69) is 11.8 Å². The van der Waals surface area contributed by atoms with Gasteiger partial charge in [-0.2, -0.15) is 0 Å². The quantitative estimate of drug-likeness (QED) is 0.486. The first-order valence-corrected chi connectivity index (χ1v) is 7.00. The van der Waals surface area contributed by atoms with Gasteiger partial charge in [-0.3, -0.25) is 0 Å². The van der Waals surface area contributed by atoms with Gasteiger partial charge in [-0.25, -0.2) is 4.79 Å². The summed E-state index contributed by atoms with van der Waals surface area (Å²) in [7, 11) is 3.09. The van der Waals surface area contributed by atoms with Crippen LogP contribution in [0.5, 0.6) is 0 Å². The van der Waals surface area contributed by atoms with E-state index in [1.807, 2.05) is 26.8 Å². The number of aldehydes is 1. The van der Waals surface area contributed by atoms with E-state index in [0.29, 0.717) is 10.6 Å². The molecule has 20 heavy (non-hydrogen) atoms. The van der Waals surface area contributed by atoms with Crippen molar-refractivity contribution in [3.8, 4) is 11.8 Å². The number of anilines is 1. The number of rotatable bonds is 4. The molecule has 0 N–H and O–H groups in total. The lowest BCUT2D eigenvalue weighted by molar-refractivity contribution is -0.106. The zero-order valence-corrected chi connectivity index (χ0v) is 13.3. The first kappa shape index (κ1) is 16.3. The number of thiophene rings is 1. The first-order chi connectivity index (χ1) is 9.28. The molecule has 0 saturated carbocycles. The molecule has 4 nitrogen and oxygen atoms in total. The van der Waals surface area contributed by atoms with Gasteiger partial charge in [-0.15, -0.1) is 11.3 Å². The van der Waals surface area contributed by atoms with E-state index in [9.17, 15) is 9.59 Å². The van der Waals surface area contributed by atoms with Crippen LogP contribution in [-0.2, 0) is 9.53 Å². The molecule has 0 unspecified atom stereocenters.